The third-order valence-corrected chi connectivity index (χ3v) is 3.51. The van der Waals surface area contributed by atoms with Gasteiger partial charge in [-0.1, -0.05) is 12.1 Å². The Bertz CT molecular complexity index is 971. The molecule has 0 aliphatic heterocycles. The average molecular weight is 354 g/mol. The fraction of sp³-hybridized carbons (Fsp3) is 0.118. The summed E-state index contributed by atoms with van der Waals surface area (Å²) in [6.07, 6.45) is 1.35. The topological polar surface area (TPSA) is 116 Å². The maximum Gasteiger partial charge on any atom is 0.271 e. The number of fused-ring (bicyclic) bond motifs is 1. The SMILES string of the molecule is COc1ccc([N+](=O)[O-])cc1NC(=O)COc1ncnc2ccccc12. The molecule has 0 atom stereocenters. The molecule has 1 N–H and O–H groups in total. The molecule has 1 amide bonds. The van der Waals surface area contributed by atoms with Gasteiger partial charge in [-0.3, -0.25) is 14.9 Å². The minimum absolute atomic E-state index is 0.163. The number of non-ortho nitro benzene ring substituents is 1. The molecule has 0 aliphatic rings. The summed E-state index contributed by atoms with van der Waals surface area (Å²) in [5.74, 6) is 0.0692. The highest BCUT2D eigenvalue weighted by Crippen LogP contribution is 2.29. The second-order valence-corrected chi connectivity index (χ2v) is 5.17. The van der Waals surface area contributed by atoms with Crippen molar-refractivity contribution in [2.75, 3.05) is 19.0 Å². The number of nitrogens with zero attached hydrogens (tertiary/aromatic N) is 3. The molecule has 0 bridgehead atoms. The molecule has 0 saturated carbocycles. The second-order valence-electron chi connectivity index (χ2n) is 5.17. The van der Waals surface area contributed by atoms with Gasteiger partial charge in [-0.25, -0.2) is 9.97 Å². The molecule has 0 aliphatic carbocycles. The number of hydrogen-bond donors (Lipinski definition) is 1. The summed E-state index contributed by atoms with van der Waals surface area (Å²) in [5.41, 5.74) is 0.713. The number of carbonyl (C=O) groups excluding carboxylic acids is 1. The van der Waals surface area contributed by atoms with E-state index in [1.807, 2.05) is 12.1 Å². The number of rotatable bonds is 6. The molecule has 0 spiro atoms. The molecule has 0 unspecified atom stereocenters. The fourth-order valence-corrected chi connectivity index (χ4v) is 2.32. The summed E-state index contributed by atoms with van der Waals surface area (Å²) in [6.45, 7) is -0.327. The van der Waals surface area contributed by atoms with E-state index >= 15 is 0 Å². The monoisotopic (exact) mass is 354 g/mol. The van der Waals surface area contributed by atoms with Crippen LogP contribution in [0.5, 0.6) is 11.6 Å². The number of carbonyl (C=O) groups is 1. The molecule has 0 fully saturated rings. The maximum atomic E-state index is 12.2. The predicted octanol–water partition coefficient (Wildman–Crippen LogP) is 2.56. The number of amides is 1. The Hall–Kier alpha value is -3.75. The highest BCUT2D eigenvalue weighted by Gasteiger charge is 2.14. The Kier molecular flexibility index (Phi) is 4.88. The van der Waals surface area contributed by atoms with E-state index in [0.29, 0.717) is 16.7 Å². The Morgan fingerprint density at radius 3 is 2.81 bits per heavy atom. The van der Waals surface area contributed by atoms with E-state index in [0.717, 1.165) is 0 Å². The van der Waals surface area contributed by atoms with Gasteiger partial charge in [0.15, 0.2) is 6.61 Å². The van der Waals surface area contributed by atoms with E-state index in [1.165, 1.54) is 31.6 Å². The first-order valence-electron chi connectivity index (χ1n) is 7.53. The Balaban J connectivity index is 1.73. The number of nitro groups is 1. The van der Waals surface area contributed by atoms with Crippen LogP contribution in [-0.4, -0.2) is 34.5 Å². The van der Waals surface area contributed by atoms with Crippen LogP contribution in [0, 0.1) is 10.1 Å². The molecule has 132 valence electrons. The average Bonchev–Trinajstić information content (AvgIpc) is 2.66. The van der Waals surface area contributed by atoms with E-state index in [-0.39, 0.29) is 23.9 Å². The highest BCUT2D eigenvalue weighted by molar-refractivity contribution is 5.94. The fourth-order valence-electron chi connectivity index (χ4n) is 2.32. The minimum Gasteiger partial charge on any atom is -0.495 e. The first-order valence-corrected chi connectivity index (χ1v) is 7.53. The third kappa shape index (κ3) is 3.66. The zero-order valence-corrected chi connectivity index (χ0v) is 13.7. The molecule has 9 nitrogen and oxygen atoms in total. The second kappa shape index (κ2) is 7.43. The van der Waals surface area contributed by atoms with Crippen LogP contribution >= 0.6 is 0 Å². The molecular formula is C17H14N4O5. The van der Waals surface area contributed by atoms with E-state index < -0.39 is 10.8 Å². The van der Waals surface area contributed by atoms with E-state index in [2.05, 4.69) is 15.3 Å². The summed E-state index contributed by atoms with van der Waals surface area (Å²) < 4.78 is 10.6. The van der Waals surface area contributed by atoms with Crippen LogP contribution in [0.25, 0.3) is 10.9 Å². The van der Waals surface area contributed by atoms with E-state index in [4.69, 9.17) is 9.47 Å². The number of para-hydroxylation sites is 1. The van der Waals surface area contributed by atoms with Gasteiger partial charge >= 0.3 is 0 Å². The number of nitro benzene ring substituents is 1. The van der Waals surface area contributed by atoms with Crippen molar-refractivity contribution in [3.05, 3.63) is 58.9 Å². The van der Waals surface area contributed by atoms with Crippen molar-refractivity contribution in [1.29, 1.82) is 0 Å². The zero-order chi connectivity index (χ0) is 18.5. The van der Waals surface area contributed by atoms with Gasteiger partial charge in [0, 0.05) is 12.1 Å². The lowest BCUT2D eigenvalue weighted by atomic mass is 10.2. The Morgan fingerprint density at radius 2 is 2.04 bits per heavy atom. The van der Waals surface area contributed by atoms with Crippen LogP contribution in [0.15, 0.2) is 48.8 Å². The quantitative estimate of drug-likeness (QED) is 0.534. The van der Waals surface area contributed by atoms with Gasteiger partial charge in [-0.15, -0.1) is 0 Å². The standard InChI is InChI=1S/C17H14N4O5/c1-25-15-7-6-11(21(23)24)8-14(15)20-16(22)9-26-17-12-4-2-3-5-13(12)18-10-19-17/h2-8,10H,9H2,1H3,(H,20,22). The predicted molar refractivity (Wildman–Crippen MR) is 93.3 cm³/mol. The maximum absolute atomic E-state index is 12.2. The van der Waals surface area contributed by atoms with Crippen molar-refractivity contribution in [2.24, 2.45) is 0 Å². The summed E-state index contributed by atoms with van der Waals surface area (Å²) in [6, 6.07) is 11.2. The van der Waals surface area contributed by atoms with Crippen molar-refractivity contribution in [3.63, 3.8) is 0 Å². The summed E-state index contributed by atoms with van der Waals surface area (Å²) in [7, 11) is 1.40. The summed E-state index contributed by atoms with van der Waals surface area (Å²) in [5, 5.41) is 14.1. The van der Waals surface area contributed by atoms with E-state index in [9.17, 15) is 14.9 Å². The lowest BCUT2D eigenvalue weighted by Crippen LogP contribution is -2.21. The summed E-state index contributed by atoms with van der Waals surface area (Å²) in [4.78, 5) is 30.6. The van der Waals surface area contributed by atoms with Crippen molar-refractivity contribution in [1.82, 2.24) is 9.97 Å². The van der Waals surface area contributed by atoms with Crippen LogP contribution in [0.3, 0.4) is 0 Å². The molecule has 1 heterocycles. The molecule has 3 rings (SSSR count). The lowest BCUT2D eigenvalue weighted by Gasteiger charge is -2.11. The number of ether oxygens (including phenoxy) is 2. The molecular weight excluding hydrogens is 340 g/mol. The molecule has 3 aromatic rings. The van der Waals surface area contributed by atoms with Gasteiger partial charge in [0.25, 0.3) is 11.6 Å². The molecule has 9 heteroatoms. The largest absolute Gasteiger partial charge is 0.495 e. The molecule has 2 aromatic carbocycles. The number of anilines is 1. The number of aromatic nitrogens is 2. The van der Waals surface area contributed by atoms with Crippen LogP contribution in [0.4, 0.5) is 11.4 Å². The van der Waals surface area contributed by atoms with Gasteiger partial charge in [0.05, 0.1) is 28.6 Å². The Labute approximate surface area is 147 Å². The van der Waals surface area contributed by atoms with E-state index in [1.54, 1.807) is 12.1 Å². The van der Waals surface area contributed by atoms with Crippen LogP contribution in [0.1, 0.15) is 0 Å². The van der Waals surface area contributed by atoms with Crippen molar-refractivity contribution >= 4 is 28.2 Å². The van der Waals surface area contributed by atoms with Crippen molar-refractivity contribution in [3.8, 4) is 11.6 Å². The van der Waals surface area contributed by atoms with Crippen LogP contribution in [-0.2, 0) is 4.79 Å². The normalized spacial score (nSPS) is 10.3. The molecule has 0 radical (unpaired) electrons. The van der Waals surface area contributed by atoms with Crippen molar-refractivity contribution in [2.45, 2.75) is 0 Å². The Morgan fingerprint density at radius 1 is 1.23 bits per heavy atom. The number of hydrogen-bond acceptors (Lipinski definition) is 7. The van der Waals surface area contributed by atoms with Gasteiger partial charge in [0.1, 0.15) is 12.1 Å². The molecule has 1 aromatic heterocycles. The molecule has 0 saturated heterocycles. The van der Waals surface area contributed by atoms with Crippen molar-refractivity contribution < 1.29 is 19.2 Å². The van der Waals surface area contributed by atoms with Crippen LogP contribution in [0.2, 0.25) is 0 Å². The third-order valence-electron chi connectivity index (χ3n) is 3.51. The van der Waals surface area contributed by atoms with Gasteiger partial charge in [-0.2, -0.15) is 0 Å². The number of nitrogens with one attached hydrogen (secondary N) is 1. The smallest absolute Gasteiger partial charge is 0.271 e. The molecule has 26 heavy (non-hydrogen) atoms. The van der Waals surface area contributed by atoms with Gasteiger partial charge < -0.3 is 14.8 Å². The van der Waals surface area contributed by atoms with Crippen LogP contribution < -0.4 is 14.8 Å². The first kappa shape index (κ1) is 17.1. The van der Waals surface area contributed by atoms with Gasteiger partial charge in [-0.05, 0) is 18.2 Å². The highest BCUT2D eigenvalue weighted by atomic mass is 16.6. The number of benzene rings is 2. The minimum atomic E-state index is -0.557. The van der Waals surface area contributed by atoms with Gasteiger partial charge in [0.2, 0.25) is 5.88 Å². The summed E-state index contributed by atoms with van der Waals surface area (Å²) >= 11 is 0. The first-order chi connectivity index (χ1) is 12.6. The number of methoxy groups -OCH3 is 1. The zero-order valence-electron chi connectivity index (χ0n) is 13.7. The lowest BCUT2D eigenvalue weighted by molar-refractivity contribution is -0.384.